The Morgan fingerprint density at radius 3 is 3.17 bits per heavy atom. The van der Waals surface area contributed by atoms with E-state index in [1.54, 1.807) is 12.2 Å². The Bertz CT molecular complexity index is 310. The van der Waals surface area contributed by atoms with Crippen LogP contribution in [0.4, 0.5) is 0 Å². The molecular formula is C10H11NO. The molecule has 0 aromatic heterocycles. The Hall–Kier alpha value is -1.44. The third kappa shape index (κ3) is 1.05. The van der Waals surface area contributed by atoms with E-state index < -0.39 is 0 Å². The molecule has 2 rings (SSSR count). The van der Waals surface area contributed by atoms with E-state index >= 15 is 0 Å². The summed E-state index contributed by atoms with van der Waals surface area (Å²) in [6.07, 6.45) is 11.5. The molecule has 0 spiro atoms. The van der Waals surface area contributed by atoms with E-state index in [9.17, 15) is 5.11 Å². The highest BCUT2D eigenvalue weighted by atomic mass is 16.3. The molecule has 2 aliphatic rings. The lowest BCUT2D eigenvalue weighted by molar-refractivity contribution is 0.399. The van der Waals surface area contributed by atoms with Crippen molar-refractivity contribution in [1.29, 1.82) is 0 Å². The second-order valence-electron chi connectivity index (χ2n) is 3.05. The molecule has 0 saturated heterocycles. The summed E-state index contributed by atoms with van der Waals surface area (Å²) >= 11 is 0. The SMILES string of the molecule is CN1C=CC=C2C=C(O)C=CC21. The van der Waals surface area contributed by atoms with Gasteiger partial charge in [-0.25, -0.2) is 0 Å². The van der Waals surface area contributed by atoms with Gasteiger partial charge in [0, 0.05) is 7.05 Å². The standard InChI is InChI=1S/C10H11NO/c1-11-6-2-3-8-7-9(12)4-5-10(8)11/h2-7,10,12H,1H3. The second-order valence-corrected chi connectivity index (χ2v) is 3.05. The normalized spacial score (nSPS) is 26.4. The number of likely N-dealkylation sites (N-methyl/N-ethyl adjacent to an activating group) is 1. The minimum atomic E-state index is 0.297. The summed E-state index contributed by atoms with van der Waals surface area (Å²) in [7, 11) is 2.02. The largest absolute Gasteiger partial charge is 0.508 e. The number of aliphatic hydroxyl groups is 1. The van der Waals surface area contributed by atoms with Crippen LogP contribution in [0.1, 0.15) is 0 Å². The third-order valence-corrected chi connectivity index (χ3v) is 2.15. The van der Waals surface area contributed by atoms with Gasteiger partial charge in [0.15, 0.2) is 0 Å². The Balaban J connectivity index is 2.37. The van der Waals surface area contributed by atoms with Crippen LogP contribution in [0.3, 0.4) is 0 Å². The molecule has 0 aromatic carbocycles. The molecule has 1 aliphatic carbocycles. The number of fused-ring (bicyclic) bond motifs is 1. The lowest BCUT2D eigenvalue weighted by Gasteiger charge is -2.29. The van der Waals surface area contributed by atoms with Crippen LogP contribution in [0.5, 0.6) is 0 Å². The first-order valence-corrected chi connectivity index (χ1v) is 3.96. The van der Waals surface area contributed by atoms with Crippen LogP contribution in [-0.2, 0) is 0 Å². The van der Waals surface area contributed by atoms with E-state index in [1.165, 1.54) is 0 Å². The van der Waals surface area contributed by atoms with Gasteiger partial charge in [0.05, 0.1) is 6.04 Å². The van der Waals surface area contributed by atoms with Gasteiger partial charge in [-0.3, -0.25) is 0 Å². The van der Waals surface area contributed by atoms with Crippen molar-refractivity contribution in [2.75, 3.05) is 7.05 Å². The molecule has 2 nitrogen and oxygen atoms in total. The van der Waals surface area contributed by atoms with Gasteiger partial charge in [-0.2, -0.15) is 0 Å². The molecule has 0 saturated carbocycles. The highest BCUT2D eigenvalue weighted by molar-refractivity contribution is 5.42. The summed E-state index contributed by atoms with van der Waals surface area (Å²) < 4.78 is 0. The van der Waals surface area contributed by atoms with Crippen molar-refractivity contribution in [3.63, 3.8) is 0 Å². The van der Waals surface area contributed by atoms with Crippen molar-refractivity contribution in [1.82, 2.24) is 4.90 Å². The van der Waals surface area contributed by atoms with Crippen LogP contribution in [0.2, 0.25) is 0 Å². The Labute approximate surface area is 71.8 Å². The highest BCUT2D eigenvalue weighted by Crippen LogP contribution is 2.22. The fourth-order valence-corrected chi connectivity index (χ4v) is 1.51. The predicted octanol–water partition coefficient (Wildman–Crippen LogP) is 1.75. The van der Waals surface area contributed by atoms with Crippen LogP contribution in [0, 0.1) is 0 Å². The van der Waals surface area contributed by atoms with Crippen molar-refractivity contribution in [3.05, 3.63) is 47.9 Å². The van der Waals surface area contributed by atoms with E-state index in [4.69, 9.17) is 0 Å². The average Bonchev–Trinajstić information content (AvgIpc) is 2.04. The van der Waals surface area contributed by atoms with Crippen LogP contribution in [0.15, 0.2) is 47.9 Å². The van der Waals surface area contributed by atoms with Gasteiger partial charge in [-0.05, 0) is 30.0 Å². The summed E-state index contributed by atoms with van der Waals surface area (Å²) in [6.45, 7) is 0. The lowest BCUT2D eigenvalue weighted by atomic mass is 9.98. The van der Waals surface area contributed by atoms with Gasteiger partial charge < -0.3 is 10.0 Å². The van der Waals surface area contributed by atoms with Gasteiger partial charge in [-0.1, -0.05) is 12.2 Å². The zero-order valence-electron chi connectivity index (χ0n) is 6.94. The van der Waals surface area contributed by atoms with Crippen molar-refractivity contribution >= 4 is 0 Å². The number of rotatable bonds is 0. The van der Waals surface area contributed by atoms with Gasteiger partial charge in [-0.15, -0.1) is 0 Å². The zero-order chi connectivity index (χ0) is 8.55. The van der Waals surface area contributed by atoms with Crippen LogP contribution < -0.4 is 0 Å². The molecule has 0 aromatic rings. The van der Waals surface area contributed by atoms with Crippen molar-refractivity contribution in [2.45, 2.75) is 6.04 Å². The third-order valence-electron chi connectivity index (χ3n) is 2.15. The first kappa shape index (κ1) is 7.22. The van der Waals surface area contributed by atoms with Gasteiger partial charge in [0.1, 0.15) is 5.76 Å². The minimum Gasteiger partial charge on any atom is -0.508 e. The molecule has 1 unspecified atom stereocenters. The second kappa shape index (κ2) is 2.55. The Kier molecular flexibility index (Phi) is 1.54. The van der Waals surface area contributed by atoms with Gasteiger partial charge in [0.2, 0.25) is 0 Å². The van der Waals surface area contributed by atoms with E-state index in [0.717, 1.165) is 5.57 Å². The number of hydrogen-bond donors (Lipinski definition) is 1. The van der Waals surface area contributed by atoms with E-state index in [2.05, 4.69) is 4.90 Å². The number of nitrogens with zero attached hydrogens (tertiary/aromatic N) is 1. The first-order valence-electron chi connectivity index (χ1n) is 3.96. The maximum absolute atomic E-state index is 9.23. The summed E-state index contributed by atoms with van der Waals surface area (Å²) in [5.74, 6) is 0.334. The van der Waals surface area contributed by atoms with E-state index in [0.29, 0.717) is 11.8 Å². The Morgan fingerprint density at radius 1 is 1.50 bits per heavy atom. The van der Waals surface area contributed by atoms with Crippen molar-refractivity contribution < 1.29 is 5.11 Å². The quantitative estimate of drug-likeness (QED) is 0.585. The predicted molar refractivity (Wildman–Crippen MR) is 48.6 cm³/mol. The number of aliphatic hydroxyl groups excluding tert-OH is 1. The fraction of sp³-hybridized carbons (Fsp3) is 0.200. The first-order chi connectivity index (χ1) is 5.77. The fourth-order valence-electron chi connectivity index (χ4n) is 1.51. The molecular weight excluding hydrogens is 150 g/mol. The molecule has 0 amide bonds. The van der Waals surface area contributed by atoms with Crippen molar-refractivity contribution in [3.8, 4) is 0 Å². The molecule has 1 atom stereocenters. The van der Waals surface area contributed by atoms with E-state index in [-0.39, 0.29) is 0 Å². The van der Waals surface area contributed by atoms with Crippen molar-refractivity contribution in [2.24, 2.45) is 0 Å². The summed E-state index contributed by atoms with van der Waals surface area (Å²) in [6, 6.07) is 0.297. The Morgan fingerprint density at radius 2 is 2.33 bits per heavy atom. The topological polar surface area (TPSA) is 23.5 Å². The minimum absolute atomic E-state index is 0.297. The summed E-state index contributed by atoms with van der Waals surface area (Å²) in [5.41, 5.74) is 1.14. The molecule has 1 N–H and O–H groups in total. The molecule has 0 radical (unpaired) electrons. The van der Waals surface area contributed by atoms with Crippen LogP contribution in [-0.4, -0.2) is 23.1 Å². The molecule has 2 heteroatoms. The maximum atomic E-state index is 9.23. The molecule has 1 aliphatic heterocycles. The average molecular weight is 161 g/mol. The van der Waals surface area contributed by atoms with E-state index in [1.807, 2.05) is 31.5 Å². The summed E-state index contributed by atoms with van der Waals surface area (Å²) in [4.78, 5) is 2.11. The van der Waals surface area contributed by atoms with Gasteiger partial charge in [0.25, 0.3) is 0 Å². The smallest absolute Gasteiger partial charge is 0.115 e. The monoisotopic (exact) mass is 161 g/mol. The molecule has 12 heavy (non-hydrogen) atoms. The molecule has 0 fully saturated rings. The van der Waals surface area contributed by atoms with Crippen LogP contribution in [0.25, 0.3) is 0 Å². The zero-order valence-corrected chi connectivity index (χ0v) is 6.94. The number of hydrogen-bond acceptors (Lipinski definition) is 2. The molecule has 1 heterocycles. The van der Waals surface area contributed by atoms with Gasteiger partial charge >= 0.3 is 0 Å². The lowest BCUT2D eigenvalue weighted by Crippen LogP contribution is -2.29. The maximum Gasteiger partial charge on any atom is 0.115 e. The molecule has 62 valence electrons. The summed E-state index contributed by atoms with van der Waals surface area (Å²) in [5, 5.41) is 9.23. The molecule has 0 bridgehead atoms. The highest BCUT2D eigenvalue weighted by Gasteiger charge is 2.17. The number of allylic oxidation sites excluding steroid dienone is 3. The van der Waals surface area contributed by atoms with Crippen LogP contribution >= 0.6 is 0 Å².